The summed E-state index contributed by atoms with van der Waals surface area (Å²) in [7, 11) is 3.43. The highest BCUT2D eigenvalue weighted by Crippen LogP contribution is 2.47. The monoisotopic (exact) mass is 334 g/mol. The van der Waals surface area contributed by atoms with Crippen molar-refractivity contribution < 1.29 is 14.3 Å². The van der Waals surface area contributed by atoms with E-state index in [1.54, 1.807) is 30.8 Å². The van der Waals surface area contributed by atoms with Crippen LogP contribution < -0.4 is 4.74 Å². The van der Waals surface area contributed by atoms with Crippen molar-refractivity contribution in [1.29, 1.82) is 0 Å². The number of rotatable bonds is 4. The van der Waals surface area contributed by atoms with E-state index >= 15 is 0 Å². The Kier molecular flexibility index (Phi) is 4.27. The average Bonchev–Trinajstić information content (AvgIpc) is 3.04. The van der Waals surface area contributed by atoms with Crippen molar-refractivity contribution in [2.75, 3.05) is 19.9 Å². The normalized spacial score (nSPS) is 26.3. The number of benzene rings is 1. The number of methoxy groups -OCH3 is 1. The number of likely N-dealkylation sites (N-methyl/N-ethyl adjacent to an activating group) is 1. The fraction of sp³-hybridized carbons (Fsp3) is 0.529. The molecule has 0 bridgehead atoms. The second-order valence-corrected chi connectivity index (χ2v) is 7.81. The topological polar surface area (TPSA) is 49.9 Å². The smallest absolute Gasteiger partial charge is 0.246 e. The summed E-state index contributed by atoms with van der Waals surface area (Å²) < 4.78 is 5.15. The molecule has 0 radical (unpaired) electrons. The van der Waals surface area contributed by atoms with Gasteiger partial charge in [0.1, 0.15) is 11.8 Å². The Morgan fingerprint density at radius 1 is 1.43 bits per heavy atom. The van der Waals surface area contributed by atoms with Gasteiger partial charge >= 0.3 is 0 Å². The number of fused-ring (bicyclic) bond motifs is 1. The van der Waals surface area contributed by atoms with E-state index in [1.807, 2.05) is 29.2 Å². The van der Waals surface area contributed by atoms with E-state index in [0.717, 1.165) is 17.7 Å². The van der Waals surface area contributed by atoms with Crippen LogP contribution >= 0.6 is 11.8 Å². The van der Waals surface area contributed by atoms with Gasteiger partial charge in [0.15, 0.2) is 0 Å². The van der Waals surface area contributed by atoms with E-state index in [2.05, 4.69) is 6.92 Å². The second-order valence-electron chi connectivity index (χ2n) is 6.31. The van der Waals surface area contributed by atoms with Crippen molar-refractivity contribution in [2.45, 2.75) is 37.2 Å². The Morgan fingerprint density at radius 2 is 2.13 bits per heavy atom. The lowest BCUT2D eigenvalue weighted by molar-refractivity contribution is -0.143. The number of ether oxygens (including phenoxy) is 1. The highest BCUT2D eigenvalue weighted by molar-refractivity contribution is 8.01. The van der Waals surface area contributed by atoms with Crippen LogP contribution in [0.4, 0.5) is 0 Å². The third kappa shape index (κ3) is 2.92. The van der Waals surface area contributed by atoms with Gasteiger partial charge in [-0.15, -0.1) is 11.8 Å². The fourth-order valence-electron chi connectivity index (χ4n) is 3.34. The molecule has 23 heavy (non-hydrogen) atoms. The Hall–Kier alpha value is -1.69. The zero-order chi connectivity index (χ0) is 16.6. The van der Waals surface area contributed by atoms with Gasteiger partial charge in [0.25, 0.3) is 0 Å². The Bertz CT molecular complexity index is 619. The summed E-state index contributed by atoms with van der Waals surface area (Å²) >= 11 is 1.73. The van der Waals surface area contributed by atoms with Gasteiger partial charge in [0.2, 0.25) is 11.8 Å². The molecule has 2 amide bonds. The summed E-state index contributed by atoms with van der Waals surface area (Å²) in [5, 5.41) is 0. The number of nitrogens with zero attached hydrogens (tertiary/aromatic N) is 2. The average molecular weight is 334 g/mol. The molecule has 0 saturated carbocycles. The van der Waals surface area contributed by atoms with Crippen LogP contribution in [0, 0.1) is 0 Å². The van der Waals surface area contributed by atoms with Crippen LogP contribution in [0.15, 0.2) is 24.3 Å². The lowest BCUT2D eigenvalue weighted by Crippen LogP contribution is -2.50. The van der Waals surface area contributed by atoms with Crippen LogP contribution in [0.25, 0.3) is 0 Å². The molecule has 2 aliphatic rings. The van der Waals surface area contributed by atoms with Crippen molar-refractivity contribution in [3.63, 3.8) is 0 Å². The molecular formula is C17H22N2O3S. The van der Waals surface area contributed by atoms with Crippen molar-refractivity contribution in [3.8, 4) is 5.75 Å². The first-order chi connectivity index (χ1) is 10.9. The van der Waals surface area contributed by atoms with E-state index < -0.39 is 0 Å². The summed E-state index contributed by atoms with van der Waals surface area (Å²) in [6.07, 6.45) is 1.39. The molecule has 6 heteroatoms. The predicted molar refractivity (Wildman–Crippen MR) is 90.2 cm³/mol. The molecule has 2 saturated heterocycles. The number of hydrogen-bond acceptors (Lipinski definition) is 4. The van der Waals surface area contributed by atoms with E-state index in [4.69, 9.17) is 4.74 Å². The Balaban J connectivity index is 1.68. The standard InChI is InChI=1S/C17H22N2O3S/c1-17-9-8-15(20)19(17)14(11-23-17)16(21)18(2)10-12-4-6-13(22-3)7-5-12/h4-7,14H,8-11H2,1-3H3/t14-,17+/m1/s1. The molecule has 0 spiro atoms. The highest BCUT2D eigenvalue weighted by Gasteiger charge is 2.53. The van der Waals surface area contributed by atoms with E-state index in [0.29, 0.717) is 18.7 Å². The maximum atomic E-state index is 12.8. The Morgan fingerprint density at radius 3 is 2.78 bits per heavy atom. The molecule has 0 unspecified atom stereocenters. The predicted octanol–water partition coefficient (Wildman–Crippen LogP) is 2.11. The number of carbonyl (C=O) groups is 2. The largest absolute Gasteiger partial charge is 0.497 e. The molecule has 1 aromatic carbocycles. The quantitative estimate of drug-likeness (QED) is 0.846. The minimum absolute atomic E-state index is 0.0206. The summed E-state index contributed by atoms with van der Waals surface area (Å²) in [6, 6.07) is 7.36. The molecule has 3 rings (SSSR count). The molecule has 2 aliphatic heterocycles. The van der Waals surface area contributed by atoms with Gasteiger partial charge in [0.05, 0.1) is 12.0 Å². The maximum absolute atomic E-state index is 12.8. The maximum Gasteiger partial charge on any atom is 0.246 e. The van der Waals surface area contributed by atoms with Crippen LogP contribution in [-0.4, -0.2) is 52.4 Å². The number of hydrogen-bond donors (Lipinski definition) is 0. The molecule has 0 aromatic heterocycles. The first kappa shape index (κ1) is 16.2. The number of carbonyl (C=O) groups excluding carboxylic acids is 2. The molecule has 2 fully saturated rings. The highest BCUT2D eigenvalue weighted by atomic mass is 32.2. The molecule has 2 atom stereocenters. The van der Waals surface area contributed by atoms with Crippen LogP contribution in [0.1, 0.15) is 25.3 Å². The van der Waals surface area contributed by atoms with Crippen LogP contribution in [0.3, 0.4) is 0 Å². The third-order valence-electron chi connectivity index (χ3n) is 4.68. The van der Waals surface area contributed by atoms with E-state index in [9.17, 15) is 9.59 Å². The molecule has 0 aliphatic carbocycles. The van der Waals surface area contributed by atoms with Crippen LogP contribution in [-0.2, 0) is 16.1 Å². The summed E-state index contributed by atoms with van der Waals surface area (Å²) in [4.78, 5) is 28.3. The van der Waals surface area contributed by atoms with E-state index in [1.165, 1.54) is 0 Å². The SMILES string of the molecule is COc1ccc(CN(C)C(=O)[C@H]2CS[C@@]3(C)CCC(=O)N23)cc1. The Labute approximate surface area is 141 Å². The molecule has 1 aromatic rings. The van der Waals surface area contributed by atoms with Gasteiger partial charge in [-0.05, 0) is 31.0 Å². The van der Waals surface area contributed by atoms with E-state index in [-0.39, 0.29) is 22.7 Å². The van der Waals surface area contributed by atoms with Gasteiger partial charge < -0.3 is 14.5 Å². The fourth-order valence-corrected chi connectivity index (χ4v) is 4.76. The van der Waals surface area contributed by atoms with Crippen molar-refractivity contribution >= 4 is 23.6 Å². The molecular weight excluding hydrogens is 312 g/mol. The summed E-state index contributed by atoms with van der Waals surface area (Å²) in [6.45, 7) is 2.60. The first-order valence-electron chi connectivity index (χ1n) is 7.78. The van der Waals surface area contributed by atoms with Gasteiger partial charge in [-0.3, -0.25) is 9.59 Å². The lowest BCUT2D eigenvalue weighted by atomic mass is 10.1. The van der Waals surface area contributed by atoms with Gasteiger partial charge in [-0.1, -0.05) is 12.1 Å². The minimum atomic E-state index is -0.330. The van der Waals surface area contributed by atoms with Crippen molar-refractivity contribution in [1.82, 2.24) is 9.80 Å². The number of thioether (sulfide) groups is 1. The molecule has 2 heterocycles. The van der Waals surface area contributed by atoms with Crippen molar-refractivity contribution in [2.24, 2.45) is 0 Å². The van der Waals surface area contributed by atoms with Gasteiger partial charge in [-0.2, -0.15) is 0 Å². The molecule has 0 N–H and O–H groups in total. The minimum Gasteiger partial charge on any atom is -0.497 e. The lowest BCUT2D eigenvalue weighted by Gasteiger charge is -2.32. The van der Waals surface area contributed by atoms with Crippen LogP contribution in [0.5, 0.6) is 5.75 Å². The first-order valence-corrected chi connectivity index (χ1v) is 8.77. The second kappa shape index (κ2) is 6.07. The summed E-state index contributed by atoms with van der Waals surface area (Å²) in [5.74, 6) is 1.61. The van der Waals surface area contributed by atoms with Crippen LogP contribution in [0.2, 0.25) is 0 Å². The number of amides is 2. The third-order valence-corrected chi connectivity index (χ3v) is 6.19. The van der Waals surface area contributed by atoms with Gasteiger partial charge in [-0.25, -0.2) is 0 Å². The van der Waals surface area contributed by atoms with Gasteiger partial charge in [0, 0.05) is 25.8 Å². The zero-order valence-corrected chi connectivity index (χ0v) is 14.6. The molecule has 5 nitrogen and oxygen atoms in total. The van der Waals surface area contributed by atoms with Crippen molar-refractivity contribution in [3.05, 3.63) is 29.8 Å². The molecule has 124 valence electrons. The summed E-state index contributed by atoms with van der Waals surface area (Å²) in [5.41, 5.74) is 1.04. The zero-order valence-electron chi connectivity index (χ0n) is 13.7.